The highest BCUT2D eigenvalue weighted by Gasteiger charge is 2.36. The van der Waals surface area contributed by atoms with E-state index in [0.717, 1.165) is 6.07 Å². The Morgan fingerprint density at radius 3 is 2.67 bits per heavy atom. The van der Waals surface area contributed by atoms with E-state index in [1.54, 1.807) is 0 Å². The first-order valence-corrected chi connectivity index (χ1v) is 5.28. The standard InChI is InChI=1S/C11H12F3NO3/c1-16-15-6-7-8(11(12,13)14)2-3-9-10(7)18-5-4-17-9/h2-3,15H,4-6H2,1H3. The maximum absolute atomic E-state index is 12.9. The summed E-state index contributed by atoms with van der Waals surface area (Å²) in [4.78, 5) is 4.59. The first kappa shape index (κ1) is 13.0. The van der Waals surface area contributed by atoms with Crippen LogP contribution in [0.5, 0.6) is 11.5 Å². The van der Waals surface area contributed by atoms with E-state index in [1.165, 1.54) is 13.2 Å². The molecule has 0 aliphatic carbocycles. The number of nitrogens with one attached hydrogen (secondary N) is 1. The summed E-state index contributed by atoms with van der Waals surface area (Å²) < 4.78 is 49.2. The zero-order valence-corrected chi connectivity index (χ0v) is 9.63. The minimum atomic E-state index is -4.44. The van der Waals surface area contributed by atoms with Crippen LogP contribution in [0.15, 0.2) is 12.1 Å². The molecule has 1 aliphatic heterocycles. The van der Waals surface area contributed by atoms with E-state index in [2.05, 4.69) is 10.3 Å². The summed E-state index contributed by atoms with van der Waals surface area (Å²) in [7, 11) is 1.33. The van der Waals surface area contributed by atoms with Crippen LogP contribution in [0.1, 0.15) is 11.1 Å². The molecule has 2 rings (SSSR count). The van der Waals surface area contributed by atoms with Crippen LogP contribution in [0.3, 0.4) is 0 Å². The van der Waals surface area contributed by atoms with Crippen LogP contribution in [0.25, 0.3) is 0 Å². The Hall–Kier alpha value is -1.47. The molecule has 0 radical (unpaired) electrons. The smallest absolute Gasteiger partial charge is 0.416 e. The van der Waals surface area contributed by atoms with Gasteiger partial charge >= 0.3 is 6.18 Å². The Morgan fingerprint density at radius 2 is 2.00 bits per heavy atom. The van der Waals surface area contributed by atoms with Crippen LogP contribution < -0.4 is 15.0 Å². The number of halogens is 3. The zero-order valence-electron chi connectivity index (χ0n) is 9.63. The highest BCUT2D eigenvalue weighted by molar-refractivity contribution is 5.52. The third-order valence-electron chi connectivity index (χ3n) is 2.51. The number of fused-ring (bicyclic) bond motifs is 1. The third kappa shape index (κ3) is 2.51. The normalized spacial score (nSPS) is 14.7. The maximum atomic E-state index is 12.9. The Bertz CT molecular complexity index is 434. The fraction of sp³-hybridized carbons (Fsp3) is 0.455. The summed E-state index contributed by atoms with van der Waals surface area (Å²) in [6.07, 6.45) is -4.44. The Morgan fingerprint density at radius 1 is 1.28 bits per heavy atom. The molecular weight excluding hydrogens is 251 g/mol. The van der Waals surface area contributed by atoms with Gasteiger partial charge in [-0.3, -0.25) is 0 Å². The van der Waals surface area contributed by atoms with Crippen molar-refractivity contribution in [2.75, 3.05) is 20.3 Å². The minimum absolute atomic E-state index is 0.0125. The molecule has 1 N–H and O–H groups in total. The van der Waals surface area contributed by atoms with Crippen molar-refractivity contribution < 1.29 is 27.5 Å². The first-order valence-electron chi connectivity index (χ1n) is 5.28. The number of hydrogen-bond donors (Lipinski definition) is 1. The van der Waals surface area contributed by atoms with Crippen molar-refractivity contribution in [1.82, 2.24) is 5.48 Å². The second kappa shape index (κ2) is 5.03. The highest BCUT2D eigenvalue weighted by atomic mass is 19.4. The van der Waals surface area contributed by atoms with Gasteiger partial charge in [-0.1, -0.05) is 0 Å². The molecule has 4 nitrogen and oxygen atoms in total. The number of hydrogen-bond acceptors (Lipinski definition) is 4. The van der Waals surface area contributed by atoms with Gasteiger partial charge in [0.15, 0.2) is 11.5 Å². The van der Waals surface area contributed by atoms with Crippen molar-refractivity contribution in [3.8, 4) is 11.5 Å². The summed E-state index contributed by atoms with van der Waals surface area (Å²) in [5.74, 6) is 0.447. The highest BCUT2D eigenvalue weighted by Crippen LogP contribution is 2.42. The first-order chi connectivity index (χ1) is 8.54. The number of benzene rings is 1. The van der Waals surface area contributed by atoms with Gasteiger partial charge in [-0.25, -0.2) is 0 Å². The molecule has 0 unspecified atom stereocenters. The molecule has 0 atom stereocenters. The van der Waals surface area contributed by atoms with E-state index < -0.39 is 11.7 Å². The van der Waals surface area contributed by atoms with E-state index in [0.29, 0.717) is 12.4 Å². The van der Waals surface area contributed by atoms with E-state index in [4.69, 9.17) is 9.47 Å². The largest absolute Gasteiger partial charge is 0.486 e. The molecule has 100 valence electrons. The average Bonchev–Trinajstić information content (AvgIpc) is 2.34. The maximum Gasteiger partial charge on any atom is 0.416 e. The summed E-state index contributed by atoms with van der Waals surface area (Å²) in [5.41, 5.74) is 1.63. The van der Waals surface area contributed by atoms with Crippen LogP contribution in [-0.4, -0.2) is 20.3 Å². The average molecular weight is 263 g/mol. The Labute approximate surface area is 102 Å². The topological polar surface area (TPSA) is 39.7 Å². The van der Waals surface area contributed by atoms with Gasteiger partial charge in [-0.05, 0) is 12.1 Å². The molecule has 18 heavy (non-hydrogen) atoms. The molecule has 1 aliphatic rings. The molecular formula is C11H12F3NO3. The van der Waals surface area contributed by atoms with Crippen LogP contribution in [-0.2, 0) is 17.6 Å². The van der Waals surface area contributed by atoms with Crippen LogP contribution in [0, 0.1) is 0 Å². The summed E-state index contributed by atoms with van der Waals surface area (Å²) in [6, 6.07) is 2.26. The van der Waals surface area contributed by atoms with Crippen molar-refractivity contribution in [2.24, 2.45) is 0 Å². The predicted molar refractivity (Wildman–Crippen MR) is 56.3 cm³/mol. The van der Waals surface area contributed by atoms with Crippen LogP contribution in [0.4, 0.5) is 13.2 Å². The van der Waals surface area contributed by atoms with Crippen molar-refractivity contribution in [2.45, 2.75) is 12.7 Å². The van der Waals surface area contributed by atoms with Gasteiger partial charge in [0.25, 0.3) is 0 Å². The molecule has 0 aromatic heterocycles. The lowest BCUT2D eigenvalue weighted by Crippen LogP contribution is -2.22. The van der Waals surface area contributed by atoms with Gasteiger partial charge in [0.1, 0.15) is 13.2 Å². The quantitative estimate of drug-likeness (QED) is 0.848. The van der Waals surface area contributed by atoms with Gasteiger partial charge in [0, 0.05) is 5.56 Å². The molecule has 0 saturated carbocycles. The Kier molecular flexibility index (Phi) is 3.63. The molecule has 7 heteroatoms. The van der Waals surface area contributed by atoms with Gasteiger partial charge in [0.05, 0.1) is 19.2 Å². The fourth-order valence-corrected chi connectivity index (χ4v) is 1.76. The predicted octanol–water partition coefficient (Wildman–Crippen LogP) is 2.13. The summed E-state index contributed by atoms with van der Waals surface area (Å²) in [6.45, 7) is 0.446. The van der Waals surface area contributed by atoms with Crippen molar-refractivity contribution in [1.29, 1.82) is 0 Å². The summed E-state index contributed by atoms with van der Waals surface area (Å²) >= 11 is 0. The van der Waals surface area contributed by atoms with Gasteiger partial charge in [-0.2, -0.15) is 18.7 Å². The van der Waals surface area contributed by atoms with Crippen LogP contribution in [0.2, 0.25) is 0 Å². The molecule has 0 fully saturated rings. The van der Waals surface area contributed by atoms with Gasteiger partial charge < -0.3 is 14.3 Å². The SMILES string of the molecule is CONCc1c(C(F)(F)F)ccc2c1OCCO2. The molecule has 0 spiro atoms. The van der Waals surface area contributed by atoms with Crippen molar-refractivity contribution in [3.63, 3.8) is 0 Å². The molecule has 0 bridgehead atoms. The van der Waals surface area contributed by atoms with E-state index in [-0.39, 0.29) is 24.5 Å². The monoisotopic (exact) mass is 263 g/mol. The molecule has 1 aromatic rings. The molecule has 0 amide bonds. The second-order valence-electron chi connectivity index (χ2n) is 3.64. The van der Waals surface area contributed by atoms with E-state index in [9.17, 15) is 13.2 Å². The van der Waals surface area contributed by atoms with Crippen molar-refractivity contribution >= 4 is 0 Å². The third-order valence-corrected chi connectivity index (χ3v) is 2.51. The molecule has 1 heterocycles. The fourth-order valence-electron chi connectivity index (χ4n) is 1.76. The lowest BCUT2D eigenvalue weighted by molar-refractivity contribution is -0.138. The molecule has 1 aromatic carbocycles. The lowest BCUT2D eigenvalue weighted by atomic mass is 10.0. The van der Waals surface area contributed by atoms with E-state index >= 15 is 0 Å². The number of rotatable bonds is 3. The second-order valence-corrected chi connectivity index (χ2v) is 3.64. The van der Waals surface area contributed by atoms with E-state index in [1.807, 2.05) is 0 Å². The van der Waals surface area contributed by atoms with Gasteiger partial charge in [0.2, 0.25) is 0 Å². The summed E-state index contributed by atoms with van der Waals surface area (Å²) in [5, 5.41) is 0. The van der Waals surface area contributed by atoms with Crippen molar-refractivity contribution in [3.05, 3.63) is 23.3 Å². The molecule has 0 saturated heterocycles. The number of ether oxygens (including phenoxy) is 2. The Balaban J connectivity index is 2.46. The lowest BCUT2D eigenvalue weighted by Gasteiger charge is -2.23. The number of alkyl halides is 3. The minimum Gasteiger partial charge on any atom is -0.486 e. The zero-order chi connectivity index (χ0) is 13.2. The number of hydroxylamine groups is 1. The van der Waals surface area contributed by atoms with Gasteiger partial charge in [-0.15, -0.1) is 0 Å². The van der Waals surface area contributed by atoms with Crippen LogP contribution >= 0.6 is 0 Å².